The van der Waals surface area contributed by atoms with Crippen molar-refractivity contribution in [1.29, 1.82) is 0 Å². The fourth-order valence-electron chi connectivity index (χ4n) is 2.40. The number of amides is 2. The minimum atomic E-state index is -0.766. The minimum absolute atomic E-state index is 0.0176. The van der Waals surface area contributed by atoms with Crippen LogP contribution in [-0.4, -0.2) is 88.7 Å². The maximum absolute atomic E-state index is 12.1. The predicted molar refractivity (Wildman–Crippen MR) is 87.2 cm³/mol. The molecule has 0 radical (unpaired) electrons. The zero-order valence-electron chi connectivity index (χ0n) is 12.1. The number of carboxylic acid groups (broad SMARTS) is 1. The summed E-state index contributed by atoms with van der Waals surface area (Å²) in [6.07, 6.45) is 0.169. The number of nitrogens with zero attached hydrogens (tertiary/aromatic N) is 2. The van der Waals surface area contributed by atoms with Crippen LogP contribution in [0.3, 0.4) is 0 Å². The molecule has 120 valence electrons. The average Bonchev–Trinajstić information content (AvgIpc) is 2.52. The SMILES string of the molecule is O=C(O)CCN1CCN(C(=O)NCC2CSCCS2)CC1. The van der Waals surface area contributed by atoms with Crippen molar-refractivity contribution in [2.75, 3.05) is 56.5 Å². The van der Waals surface area contributed by atoms with Gasteiger partial charge >= 0.3 is 12.0 Å². The van der Waals surface area contributed by atoms with Crippen LogP contribution in [0.1, 0.15) is 6.42 Å². The molecule has 2 rings (SSSR count). The van der Waals surface area contributed by atoms with E-state index in [2.05, 4.69) is 10.2 Å². The number of hydrogen-bond donors (Lipinski definition) is 2. The molecule has 2 N–H and O–H groups in total. The highest BCUT2D eigenvalue weighted by molar-refractivity contribution is 8.06. The number of urea groups is 1. The monoisotopic (exact) mass is 333 g/mol. The van der Waals surface area contributed by atoms with E-state index in [4.69, 9.17) is 5.11 Å². The molecule has 2 amide bonds. The Balaban J connectivity index is 1.62. The number of aliphatic carboxylic acids is 1. The largest absolute Gasteiger partial charge is 0.481 e. The summed E-state index contributed by atoms with van der Waals surface area (Å²) in [5.41, 5.74) is 0. The number of rotatable bonds is 5. The van der Waals surface area contributed by atoms with Crippen LogP contribution in [0.15, 0.2) is 0 Å². The summed E-state index contributed by atoms with van der Waals surface area (Å²) in [4.78, 5) is 26.6. The number of thioether (sulfide) groups is 2. The van der Waals surface area contributed by atoms with E-state index in [0.717, 1.165) is 25.4 Å². The number of nitrogens with one attached hydrogen (secondary N) is 1. The van der Waals surface area contributed by atoms with Crippen molar-refractivity contribution in [2.45, 2.75) is 11.7 Å². The van der Waals surface area contributed by atoms with Crippen LogP contribution in [0, 0.1) is 0 Å². The number of carboxylic acids is 1. The molecule has 6 nitrogen and oxygen atoms in total. The Hall–Kier alpha value is -0.600. The van der Waals surface area contributed by atoms with Gasteiger partial charge in [0.15, 0.2) is 0 Å². The van der Waals surface area contributed by atoms with E-state index in [1.807, 2.05) is 28.4 Å². The zero-order chi connectivity index (χ0) is 15.1. The van der Waals surface area contributed by atoms with Crippen LogP contribution < -0.4 is 5.32 Å². The number of piperazine rings is 1. The quantitative estimate of drug-likeness (QED) is 0.769. The first-order valence-corrected chi connectivity index (χ1v) is 9.52. The molecule has 1 atom stereocenters. The second-order valence-electron chi connectivity index (χ2n) is 5.23. The van der Waals surface area contributed by atoms with Gasteiger partial charge in [0.25, 0.3) is 0 Å². The Morgan fingerprint density at radius 1 is 1.19 bits per heavy atom. The van der Waals surface area contributed by atoms with Crippen molar-refractivity contribution in [3.63, 3.8) is 0 Å². The first-order valence-electron chi connectivity index (χ1n) is 7.31. The highest BCUT2D eigenvalue weighted by atomic mass is 32.2. The van der Waals surface area contributed by atoms with Gasteiger partial charge < -0.3 is 15.3 Å². The molecule has 2 saturated heterocycles. The molecule has 0 aliphatic carbocycles. The first-order chi connectivity index (χ1) is 10.1. The van der Waals surface area contributed by atoms with Gasteiger partial charge in [-0.05, 0) is 0 Å². The summed E-state index contributed by atoms with van der Waals surface area (Å²) in [5, 5.41) is 12.2. The number of carbonyl (C=O) groups is 2. The molecule has 0 aromatic heterocycles. The van der Waals surface area contributed by atoms with Gasteiger partial charge in [0.05, 0.1) is 6.42 Å². The topological polar surface area (TPSA) is 72.9 Å². The Kier molecular flexibility index (Phi) is 6.98. The van der Waals surface area contributed by atoms with Gasteiger partial charge in [-0.2, -0.15) is 23.5 Å². The van der Waals surface area contributed by atoms with Crippen LogP contribution in [0.4, 0.5) is 4.79 Å². The van der Waals surface area contributed by atoms with Gasteiger partial charge in [0, 0.05) is 61.8 Å². The lowest BCUT2D eigenvalue weighted by molar-refractivity contribution is -0.137. The summed E-state index contributed by atoms with van der Waals surface area (Å²) in [7, 11) is 0. The lowest BCUT2D eigenvalue weighted by Crippen LogP contribution is -2.52. The normalized spacial score (nSPS) is 23.8. The molecule has 21 heavy (non-hydrogen) atoms. The molecule has 2 fully saturated rings. The standard InChI is InChI=1S/C13H23N3O3S2/c17-12(18)1-2-15-3-5-16(6-4-15)13(19)14-9-11-10-20-7-8-21-11/h11H,1-10H2,(H,14,19)(H,17,18). The van der Waals surface area contributed by atoms with Crippen molar-refractivity contribution in [1.82, 2.24) is 15.1 Å². The van der Waals surface area contributed by atoms with Crippen molar-refractivity contribution in [2.24, 2.45) is 0 Å². The van der Waals surface area contributed by atoms with Crippen molar-refractivity contribution in [3.8, 4) is 0 Å². The van der Waals surface area contributed by atoms with Crippen molar-refractivity contribution in [3.05, 3.63) is 0 Å². The van der Waals surface area contributed by atoms with Crippen LogP contribution in [0.25, 0.3) is 0 Å². The van der Waals surface area contributed by atoms with Crippen LogP contribution in [-0.2, 0) is 4.79 Å². The van der Waals surface area contributed by atoms with E-state index >= 15 is 0 Å². The van der Waals surface area contributed by atoms with E-state index in [0.29, 0.717) is 24.9 Å². The van der Waals surface area contributed by atoms with E-state index in [-0.39, 0.29) is 12.5 Å². The van der Waals surface area contributed by atoms with Crippen LogP contribution >= 0.6 is 23.5 Å². The van der Waals surface area contributed by atoms with E-state index in [9.17, 15) is 9.59 Å². The van der Waals surface area contributed by atoms with Gasteiger partial charge in [-0.15, -0.1) is 0 Å². The van der Waals surface area contributed by atoms with Gasteiger partial charge in [-0.3, -0.25) is 9.69 Å². The van der Waals surface area contributed by atoms with Gasteiger partial charge in [0.2, 0.25) is 0 Å². The molecule has 0 saturated carbocycles. The maximum Gasteiger partial charge on any atom is 0.317 e. The first kappa shape index (κ1) is 16.8. The highest BCUT2D eigenvalue weighted by Crippen LogP contribution is 2.23. The fourth-order valence-corrected chi connectivity index (χ4v) is 5.01. The molecular weight excluding hydrogens is 310 g/mol. The molecule has 0 spiro atoms. The smallest absolute Gasteiger partial charge is 0.317 e. The van der Waals surface area contributed by atoms with Crippen LogP contribution in [0.2, 0.25) is 0 Å². The summed E-state index contributed by atoms with van der Waals surface area (Å²) in [6, 6.07) is 0.0176. The summed E-state index contributed by atoms with van der Waals surface area (Å²) in [6.45, 7) is 4.19. The molecule has 0 bridgehead atoms. The molecule has 8 heteroatoms. The minimum Gasteiger partial charge on any atom is -0.481 e. The molecule has 2 aliphatic heterocycles. The molecular formula is C13H23N3O3S2. The third kappa shape index (κ3) is 5.96. The number of carbonyl (C=O) groups excluding carboxylic acids is 1. The van der Waals surface area contributed by atoms with Crippen LogP contribution in [0.5, 0.6) is 0 Å². The molecule has 2 aliphatic rings. The third-order valence-corrected chi connectivity index (χ3v) is 6.51. The maximum atomic E-state index is 12.1. The second kappa shape index (κ2) is 8.75. The third-order valence-electron chi connectivity index (χ3n) is 3.67. The van der Waals surface area contributed by atoms with Gasteiger partial charge in [0.1, 0.15) is 0 Å². The van der Waals surface area contributed by atoms with Crippen molar-refractivity contribution < 1.29 is 14.7 Å². The molecule has 0 aromatic carbocycles. The lowest BCUT2D eigenvalue weighted by Gasteiger charge is -2.34. The second-order valence-corrected chi connectivity index (χ2v) is 7.78. The summed E-state index contributed by atoms with van der Waals surface area (Å²) in [5.74, 6) is 2.74. The van der Waals surface area contributed by atoms with Crippen molar-refractivity contribution >= 4 is 35.5 Å². The molecule has 1 unspecified atom stereocenters. The predicted octanol–water partition coefficient (Wildman–Crippen LogP) is 0.637. The Morgan fingerprint density at radius 2 is 1.95 bits per heavy atom. The molecule has 2 heterocycles. The molecule has 0 aromatic rings. The van der Waals surface area contributed by atoms with E-state index in [1.54, 1.807) is 0 Å². The van der Waals surface area contributed by atoms with Gasteiger partial charge in [-0.1, -0.05) is 0 Å². The summed E-state index contributed by atoms with van der Waals surface area (Å²) >= 11 is 3.90. The summed E-state index contributed by atoms with van der Waals surface area (Å²) < 4.78 is 0. The zero-order valence-corrected chi connectivity index (χ0v) is 13.8. The lowest BCUT2D eigenvalue weighted by atomic mass is 10.3. The van der Waals surface area contributed by atoms with E-state index in [1.165, 1.54) is 11.5 Å². The highest BCUT2D eigenvalue weighted by Gasteiger charge is 2.22. The Labute approximate surface area is 134 Å². The van der Waals surface area contributed by atoms with Gasteiger partial charge in [-0.25, -0.2) is 4.79 Å². The fraction of sp³-hybridized carbons (Fsp3) is 0.846. The Bertz CT molecular complexity index is 357. The van der Waals surface area contributed by atoms with E-state index < -0.39 is 5.97 Å². The average molecular weight is 333 g/mol. The Morgan fingerprint density at radius 3 is 2.57 bits per heavy atom. The number of hydrogen-bond acceptors (Lipinski definition) is 5.